The first kappa shape index (κ1) is 15.8. The minimum absolute atomic E-state index is 0.642. The predicted octanol–water partition coefficient (Wildman–Crippen LogP) is 4.82. The van der Waals surface area contributed by atoms with Crippen molar-refractivity contribution in [2.24, 2.45) is 0 Å². The zero-order chi connectivity index (χ0) is 19.2. The maximum Gasteiger partial charge on any atom is 0.181 e. The molecule has 0 bridgehead atoms. The second kappa shape index (κ2) is 6.13. The van der Waals surface area contributed by atoms with Gasteiger partial charge in [0.15, 0.2) is 11.5 Å². The first-order valence-corrected chi connectivity index (χ1v) is 9.13. The molecule has 0 saturated carbocycles. The molecule has 6 rings (SSSR count). The van der Waals surface area contributed by atoms with Gasteiger partial charge in [0.2, 0.25) is 0 Å². The van der Waals surface area contributed by atoms with Gasteiger partial charge in [-0.2, -0.15) is 5.10 Å². The Morgan fingerprint density at radius 2 is 1.93 bits per heavy atom. The van der Waals surface area contributed by atoms with Gasteiger partial charge in [0.05, 0.1) is 28.9 Å². The second-order valence-corrected chi connectivity index (χ2v) is 6.73. The molecule has 5 heterocycles. The van der Waals surface area contributed by atoms with Crippen molar-refractivity contribution in [3.63, 3.8) is 0 Å². The molecule has 0 fully saturated rings. The number of imidazole rings is 1. The number of para-hydroxylation sites is 1. The quantitative estimate of drug-likeness (QED) is 0.460. The average Bonchev–Trinajstić information content (AvgIpc) is 3.52. The van der Waals surface area contributed by atoms with E-state index in [1.165, 1.54) is 0 Å². The smallest absolute Gasteiger partial charge is 0.181 e. The summed E-state index contributed by atoms with van der Waals surface area (Å²) in [6, 6.07) is 13.9. The molecule has 2 N–H and O–H groups in total. The molecule has 0 aliphatic rings. The fraction of sp³-hybridized carbons (Fsp3) is 0. The summed E-state index contributed by atoms with van der Waals surface area (Å²) in [5.74, 6) is 0.712. The molecule has 0 spiro atoms. The lowest BCUT2D eigenvalue weighted by Gasteiger charge is -2.00. The Morgan fingerprint density at radius 1 is 0.931 bits per heavy atom. The second-order valence-electron chi connectivity index (χ2n) is 6.73. The van der Waals surface area contributed by atoms with Crippen molar-refractivity contribution in [2.45, 2.75) is 0 Å². The van der Waals surface area contributed by atoms with E-state index in [1.54, 1.807) is 24.9 Å². The number of H-pyrrole nitrogens is 2. The number of rotatable bonds is 3. The van der Waals surface area contributed by atoms with E-state index < -0.39 is 0 Å². The third-order valence-corrected chi connectivity index (χ3v) is 4.99. The first-order chi connectivity index (χ1) is 14.4. The molecular formula is C22H14N6O. The summed E-state index contributed by atoms with van der Waals surface area (Å²) in [5.41, 5.74) is 7.24. The summed E-state index contributed by atoms with van der Waals surface area (Å²) >= 11 is 0. The van der Waals surface area contributed by atoms with Crippen molar-refractivity contribution in [1.29, 1.82) is 0 Å². The van der Waals surface area contributed by atoms with Crippen LogP contribution in [-0.2, 0) is 0 Å². The predicted molar refractivity (Wildman–Crippen MR) is 110 cm³/mol. The van der Waals surface area contributed by atoms with Crippen LogP contribution in [0.4, 0.5) is 0 Å². The zero-order valence-corrected chi connectivity index (χ0v) is 15.1. The van der Waals surface area contributed by atoms with Crippen molar-refractivity contribution in [3.8, 4) is 33.8 Å². The highest BCUT2D eigenvalue weighted by molar-refractivity contribution is 5.97. The monoisotopic (exact) mass is 378 g/mol. The fourth-order valence-electron chi connectivity index (χ4n) is 3.57. The lowest BCUT2D eigenvalue weighted by molar-refractivity contribution is 0.568. The van der Waals surface area contributed by atoms with Gasteiger partial charge in [-0.3, -0.25) is 10.1 Å². The Hall–Kier alpha value is -4.26. The van der Waals surface area contributed by atoms with Gasteiger partial charge in [0.25, 0.3) is 0 Å². The van der Waals surface area contributed by atoms with Gasteiger partial charge < -0.3 is 9.40 Å². The van der Waals surface area contributed by atoms with Gasteiger partial charge in [-0.25, -0.2) is 9.97 Å². The molecule has 0 aliphatic carbocycles. The van der Waals surface area contributed by atoms with Crippen molar-refractivity contribution in [2.75, 3.05) is 0 Å². The maximum atomic E-state index is 5.24. The van der Waals surface area contributed by atoms with Crippen LogP contribution in [0.2, 0.25) is 0 Å². The third-order valence-electron chi connectivity index (χ3n) is 4.99. The van der Waals surface area contributed by atoms with Gasteiger partial charge >= 0.3 is 0 Å². The van der Waals surface area contributed by atoms with E-state index in [0.717, 1.165) is 44.4 Å². The van der Waals surface area contributed by atoms with Crippen LogP contribution in [0, 0.1) is 0 Å². The van der Waals surface area contributed by atoms with Gasteiger partial charge in [0, 0.05) is 40.8 Å². The summed E-state index contributed by atoms with van der Waals surface area (Å²) in [6.45, 7) is 0. The maximum absolute atomic E-state index is 5.24. The highest BCUT2D eigenvalue weighted by Gasteiger charge is 2.16. The fourth-order valence-corrected chi connectivity index (χ4v) is 3.57. The molecule has 138 valence electrons. The van der Waals surface area contributed by atoms with E-state index in [2.05, 4.69) is 31.2 Å². The number of aromatic nitrogens is 6. The lowest BCUT2D eigenvalue weighted by atomic mass is 10.1. The molecule has 5 aromatic heterocycles. The number of nitrogens with zero attached hydrogens (tertiary/aromatic N) is 4. The topological polar surface area (TPSA) is 96.3 Å². The molecule has 0 aliphatic heterocycles. The molecular weight excluding hydrogens is 364 g/mol. The van der Waals surface area contributed by atoms with Crippen molar-refractivity contribution in [1.82, 2.24) is 30.1 Å². The molecule has 0 unspecified atom stereocenters. The van der Waals surface area contributed by atoms with Gasteiger partial charge in [-0.05, 0) is 24.3 Å². The minimum Gasteiger partial charge on any atom is -0.472 e. The number of fused-ring (bicyclic) bond motifs is 2. The average molecular weight is 378 g/mol. The number of hydrogen-bond acceptors (Lipinski definition) is 5. The van der Waals surface area contributed by atoms with E-state index in [4.69, 9.17) is 9.40 Å². The summed E-state index contributed by atoms with van der Waals surface area (Å²) in [6.07, 6.45) is 8.76. The van der Waals surface area contributed by atoms with Crippen LogP contribution in [0.25, 0.3) is 55.8 Å². The van der Waals surface area contributed by atoms with Crippen molar-refractivity contribution < 1.29 is 4.42 Å². The number of benzene rings is 1. The van der Waals surface area contributed by atoms with Crippen LogP contribution < -0.4 is 0 Å². The zero-order valence-electron chi connectivity index (χ0n) is 15.1. The normalized spacial score (nSPS) is 11.4. The first-order valence-electron chi connectivity index (χ1n) is 9.13. The van der Waals surface area contributed by atoms with Gasteiger partial charge in [0.1, 0.15) is 5.69 Å². The van der Waals surface area contributed by atoms with Crippen molar-refractivity contribution in [3.05, 3.63) is 73.6 Å². The highest BCUT2D eigenvalue weighted by Crippen LogP contribution is 2.32. The van der Waals surface area contributed by atoms with E-state index in [0.29, 0.717) is 11.5 Å². The SMILES string of the molecule is c1cncc(-c2cnc3n[nH]c(-c4nc5c(-c6ccoc6)cccc5[nH]4)c3c2)c1. The van der Waals surface area contributed by atoms with Crippen LogP contribution in [0.5, 0.6) is 0 Å². The number of furan rings is 1. The van der Waals surface area contributed by atoms with Crippen LogP contribution in [-0.4, -0.2) is 30.1 Å². The molecule has 0 atom stereocenters. The third kappa shape index (κ3) is 2.52. The molecule has 29 heavy (non-hydrogen) atoms. The summed E-state index contributed by atoms with van der Waals surface area (Å²) in [4.78, 5) is 16.9. The molecule has 6 aromatic rings. The Labute approximate surface area is 164 Å². The molecule has 7 heteroatoms. The van der Waals surface area contributed by atoms with Gasteiger partial charge in [-0.15, -0.1) is 0 Å². The van der Waals surface area contributed by atoms with Crippen LogP contribution >= 0.6 is 0 Å². The Bertz CT molecular complexity index is 1450. The van der Waals surface area contributed by atoms with Crippen molar-refractivity contribution >= 4 is 22.1 Å². The van der Waals surface area contributed by atoms with Crippen LogP contribution in [0.3, 0.4) is 0 Å². The Balaban J connectivity index is 1.53. The molecule has 0 saturated heterocycles. The van der Waals surface area contributed by atoms with Gasteiger partial charge in [-0.1, -0.05) is 18.2 Å². The minimum atomic E-state index is 0.642. The molecule has 1 aromatic carbocycles. The number of hydrogen-bond donors (Lipinski definition) is 2. The van der Waals surface area contributed by atoms with E-state index in [9.17, 15) is 0 Å². The summed E-state index contributed by atoms with van der Waals surface area (Å²) < 4.78 is 5.24. The van der Waals surface area contributed by atoms with E-state index in [1.807, 2.05) is 42.6 Å². The van der Waals surface area contributed by atoms with E-state index in [-0.39, 0.29) is 0 Å². The summed E-state index contributed by atoms with van der Waals surface area (Å²) in [5, 5.41) is 8.33. The highest BCUT2D eigenvalue weighted by atomic mass is 16.3. The number of nitrogens with one attached hydrogen (secondary N) is 2. The Morgan fingerprint density at radius 3 is 2.79 bits per heavy atom. The number of pyridine rings is 2. The van der Waals surface area contributed by atoms with E-state index >= 15 is 0 Å². The standard InChI is InChI=1S/C22H14N6O/c1-4-16(14-6-8-29-12-14)19-18(5-1)25-22(26-19)20-17-9-15(11-24-21(17)28-27-20)13-3-2-7-23-10-13/h1-12H,(H,25,26)(H,24,27,28). The molecule has 7 nitrogen and oxygen atoms in total. The largest absolute Gasteiger partial charge is 0.472 e. The van der Waals surface area contributed by atoms with Crippen LogP contribution in [0.1, 0.15) is 0 Å². The lowest BCUT2D eigenvalue weighted by Crippen LogP contribution is -1.84. The molecule has 0 radical (unpaired) electrons. The Kier molecular flexibility index (Phi) is 3.33. The summed E-state index contributed by atoms with van der Waals surface area (Å²) in [7, 11) is 0. The number of aromatic amines is 2. The molecule has 0 amide bonds. The van der Waals surface area contributed by atoms with Crippen LogP contribution in [0.15, 0.2) is 78.0 Å².